The second-order valence-electron chi connectivity index (χ2n) is 12.9. The zero-order chi connectivity index (χ0) is 35.4. The lowest BCUT2D eigenvalue weighted by molar-refractivity contribution is -0.296. The van der Waals surface area contributed by atoms with Gasteiger partial charge in [0, 0.05) is 6.42 Å². The number of aryl methyl sites for hydroxylation is 1. The van der Waals surface area contributed by atoms with Crippen LogP contribution < -0.4 is 0 Å². The van der Waals surface area contributed by atoms with E-state index in [-0.39, 0.29) is 18.6 Å². The fourth-order valence-corrected chi connectivity index (χ4v) is 6.22. The molecule has 0 aromatic heterocycles. The molecule has 1 saturated heterocycles. The Labute approximate surface area is 286 Å². The number of carbonyl (C=O) groups excluding carboxylic acids is 2. The lowest BCUT2D eigenvalue weighted by Gasteiger charge is -2.40. The number of ether oxygens (including phenoxy) is 4. The topological polar surface area (TPSA) is 186 Å². The Hall–Kier alpha value is -2.13. The molecule has 1 aromatic carbocycles. The summed E-state index contributed by atoms with van der Waals surface area (Å²) in [6.45, 7) is 3.27. The SMILES string of the molecule is CCCCCCCCCCCCCCCCCC(=O)OCC(CO[C@H]1O[C@H](CS(=O)(=O)O)[C@@H](O)[C@H](O)[C@H]1O)OC(=O)c1ccc(C)cc1. The Morgan fingerprint density at radius 1 is 0.771 bits per heavy atom. The number of hydrogen-bond acceptors (Lipinski definition) is 11. The minimum atomic E-state index is -4.60. The minimum Gasteiger partial charge on any atom is -0.462 e. The smallest absolute Gasteiger partial charge is 0.338 e. The largest absolute Gasteiger partial charge is 0.462 e. The van der Waals surface area contributed by atoms with Crippen molar-refractivity contribution < 1.29 is 56.8 Å². The van der Waals surface area contributed by atoms with E-state index in [2.05, 4.69) is 6.92 Å². The Kier molecular flexibility index (Phi) is 20.4. The number of rotatable bonds is 25. The molecule has 0 spiro atoms. The summed E-state index contributed by atoms with van der Waals surface area (Å²) < 4.78 is 53.5. The lowest BCUT2D eigenvalue weighted by Crippen LogP contribution is -2.60. The average Bonchev–Trinajstić information content (AvgIpc) is 3.04. The van der Waals surface area contributed by atoms with Crippen LogP contribution in [0, 0.1) is 6.92 Å². The number of unbranched alkanes of at least 4 members (excludes halogenated alkanes) is 14. The van der Waals surface area contributed by atoms with Gasteiger partial charge in [0.25, 0.3) is 10.1 Å². The van der Waals surface area contributed by atoms with Gasteiger partial charge in [0.05, 0.1) is 12.2 Å². The van der Waals surface area contributed by atoms with Gasteiger partial charge < -0.3 is 34.3 Å². The highest BCUT2D eigenvalue weighted by molar-refractivity contribution is 7.85. The van der Waals surface area contributed by atoms with Crippen molar-refractivity contribution in [3.05, 3.63) is 35.4 Å². The Morgan fingerprint density at radius 3 is 1.81 bits per heavy atom. The van der Waals surface area contributed by atoms with Gasteiger partial charge in [-0.15, -0.1) is 0 Å². The fourth-order valence-electron chi connectivity index (χ4n) is 5.53. The average molecular weight is 703 g/mol. The van der Waals surface area contributed by atoms with Crippen LogP contribution in [0.5, 0.6) is 0 Å². The monoisotopic (exact) mass is 702 g/mol. The molecule has 12 nitrogen and oxygen atoms in total. The summed E-state index contributed by atoms with van der Waals surface area (Å²) in [7, 11) is -4.60. The van der Waals surface area contributed by atoms with Crippen molar-refractivity contribution >= 4 is 22.1 Å². The van der Waals surface area contributed by atoms with E-state index in [0.29, 0.717) is 6.42 Å². The van der Waals surface area contributed by atoms with Crippen LogP contribution in [0.15, 0.2) is 24.3 Å². The van der Waals surface area contributed by atoms with Crippen LogP contribution >= 0.6 is 0 Å². The molecule has 13 heteroatoms. The van der Waals surface area contributed by atoms with Crippen molar-refractivity contribution in [1.82, 2.24) is 0 Å². The van der Waals surface area contributed by atoms with Crippen molar-refractivity contribution in [3.63, 3.8) is 0 Å². The van der Waals surface area contributed by atoms with Gasteiger partial charge in [-0.05, 0) is 25.5 Å². The van der Waals surface area contributed by atoms with Gasteiger partial charge >= 0.3 is 11.9 Å². The van der Waals surface area contributed by atoms with E-state index < -0.39 is 71.2 Å². The quantitative estimate of drug-likeness (QED) is 0.0606. The number of hydrogen-bond donors (Lipinski definition) is 4. The summed E-state index contributed by atoms with van der Waals surface area (Å²) >= 11 is 0. The van der Waals surface area contributed by atoms with Gasteiger partial charge in [0.1, 0.15) is 36.8 Å². The zero-order valence-corrected chi connectivity index (χ0v) is 29.5. The summed E-state index contributed by atoms with van der Waals surface area (Å²) in [5.74, 6) is -2.24. The summed E-state index contributed by atoms with van der Waals surface area (Å²) in [6.07, 6.45) is 8.47. The van der Waals surface area contributed by atoms with Crippen molar-refractivity contribution in [3.8, 4) is 0 Å². The maximum Gasteiger partial charge on any atom is 0.338 e. The highest BCUT2D eigenvalue weighted by atomic mass is 32.2. The molecule has 1 fully saturated rings. The zero-order valence-electron chi connectivity index (χ0n) is 28.7. The molecule has 0 saturated carbocycles. The summed E-state index contributed by atoms with van der Waals surface area (Å²) in [4.78, 5) is 25.3. The van der Waals surface area contributed by atoms with Crippen LogP contribution in [0.1, 0.15) is 126 Å². The normalized spacial score (nSPS) is 21.9. The van der Waals surface area contributed by atoms with Crippen LogP contribution in [-0.2, 0) is 33.9 Å². The molecule has 4 N–H and O–H groups in total. The molecule has 276 valence electrons. The summed E-state index contributed by atoms with van der Waals surface area (Å²) in [5.41, 5.74) is 1.18. The van der Waals surface area contributed by atoms with Gasteiger partial charge in [-0.2, -0.15) is 8.42 Å². The van der Waals surface area contributed by atoms with Crippen molar-refractivity contribution in [2.75, 3.05) is 19.0 Å². The van der Waals surface area contributed by atoms with Gasteiger partial charge in [0.15, 0.2) is 12.4 Å². The van der Waals surface area contributed by atoms with E-state index >= 15 is 0 Å². The van der Waals surface area contributed by atoms with Crippen LogP contribution in [0.3, 0.4) is 0 Å². The molecule has 0 aliphatic carbocycles. The molecule has 1 unspecified atom stereocenters. The summed E-state index contributed by atoms with van der Waals surface area (Å²) in [6, 6.07) is 6.61. The molecule has 2 rings (SSSR count). The van der Waals surface area contributed by atoms with Crippen molar-refractivity contribution in [2.24, 2.45) is 0 Å². The molecule has 0 radical (unpaired) electrons. The van der Waals surface area contributed by atoms with E-state index in [0.717, 1.165) is 24.8 Å². The Balaban J connectivity index is 1.75. The summed E-state index contributed by atoms with van der Waals surface area (Å²) in [5, 5.41) is 30.6. The number of benzene rings is 1. The highest BCUT2D eigenvalue weighted by Crippen LogP contribution is 2.24. The number of esters is 2. The van der Waals surface area contributed by atoms with Crippen molar-refractivity contribution in [1.29, 1.82) is 0 Å². The van der Waals surface area contributed by atoms with Gasteiger partial charge in [-0.3, -0.25) is 9.35 Å². The third-order valence-electron chi connectivity index (χ3n) is 8.47. The standard InChI is InChI=1S/C35H58O12S/c1-3-4-5-6-7-8-9-10-11-12-13-14-15-16-17-18-30(36)44-23-28(46-34(40)27-21-19-26(2)20-22-27)24-45-35-33(39)32(38)31(37)29(47-35)25-48(41,42)43/h19-22,28-29,31-33,35,37-39H,3-18,23-25H2,1-2H3,(H,41,42,43)/t28?,29-,31-,32+,33-,35+/m1/s1. The van der Waals surface area contributed by atoms with Gasteiger partial charge in [-0.25, -0.2) is 4.79 Å². The van der Waals surface area contributed by atoms with E-state index in [9.17, 15) is 33.3 Å². The van der Waals surface area contributed by atoms with Crippen LogP contribution in [0.2, 0.25) is 0 Å². The van der Waals surface area contributed by atoms with Gasteiger partial charge in [0.2, 0.25) is 0 Å². The van der Waals surface area contributed by atoms with Gasteiger partial charge in [-0.1, -0.05) is 115 Å². The first-order chi connectivity index (χ1) is 22.9. The number of carbonyl (C=O) groups is 2. The van der Waals surface area contributed by atoms with Crippen LogP contribution in [0.25, 0.3) is 0 Å². The predicted octanol–water partition coefficient (Wildman–Crippen LogP) is 5.04. The second kappa shape index (κ2) is 23.3. The fraction of sp³-hybridized carbons (Fsp3) is 0.771. The molecular formula is C35H58O12S. The highest BCUT2D eigenvalue weighted by Gasteiger charge is 2.46. The minimum absolute atomic E-state index is 0.198. The molecule has 6 atom stereocenters. The first-order valence-corrected chi connectivity index (χ1v) is 19.2. The molecule has 1 aliphatic heterocycles. The molecule has 1 heterocycles. The van der Waals surface area contributed by atoms with E-state index in [1.807, 2.05) is 6.92 Å². The van der Waals surface area contributed by atoms with Crippen molar-refractivity contribution in [2.45, 2.75) is 153 Å². The maximum atomic E-state index is 12.8. The Morgan fingerprint density at radius 2 is 1.29 bits per heavy atom. The van der Waals surface area contributed by atoms with E-state index in [1.165, 1.54) is 70.6 Å². The molecule has 1 aromatic rings. The molecule has 0 amide bonds. The first kappa shape index (κ1) is 42.0. The maximum absolute atomic E-state index is 12.8. The van der Waals surface area contributed by atoms with Crippen LogP contribution in [-0.4, -0.2) is 96.0 Å². The molecule has 1 aliphatic rings. The molecular weight excluding hydrogens is 644 g/mol. The number of aliphatic hydroxyl groups excluding tert-OH is 3. The molecule has 0 bridgehead atoms. The Bertz CT molecular complexity index is 1140. The second-order valence-corrected chi connectivity index (χ2v) is 14.4. The third-order valence-corrected chi connectivity index (χ3v) is 9.22. The number of aliphatic hydroxyl groups is 3. The first-order valence-electron chi connectivity index (χ1n) is 17.6. The third kappa shape index (κ3) is 17.5. The van der Waals surface area contributed by atoms with E-state index in [4.69, 9.17) is 23.5 Å². The van der Waals surface area contributed by atoms with Crippen LogP contribution in [0.4, 0.5) is 0 Å². The predicted molar refractivity (Wildman–Crippen MR) is 180 cm³/mol. The lowest BCUT2D eigenvalue weighted by atomic mass is 10.00. The van der Waals surface area contributed by atoms with E-state index in [1.54, 1.807) is 24.3 Å². The molecule has 48 heavy (non-hydrogen) atoms.